The third kappa shape index (κ3) is 8.08. The zero-order valence-corrected chi connectivity index (χ0v) is 18.0. The van der Waals surface area contributed by atoms with E-state index in [9.17, 15) is 0 Å². The molecule has 0 fully saturated rings. The molecule has 0 saturated heterocycles. The molecule has 0 amide bonds. The Labute approximate surface area is 171 Å². The van der Waals surface area contributed by atoms with Crippen LogP contribution >= 0.6 is 0 Å². The molecule has 0 saturated carbocycles. The van der Waals surface area contributed by atoms with Crippen molar-refractivity contribution in [3.05, 3.63) is 30.5 Å². The molecule has 2 aromatic rings. The van der Waals surface area contributed by atoms with Crippen molar-refractivity contribution in [1.29, 1.82) is 0 Å². The summed E-state index contributed by atoms with van der Waals surface area (Å²) >= 11 is 0. The lowest BCUT2D eigenvalue weighted by Crippen LogP contribution is -2.01. The number of nitrogens with zero attached hydrogens (tertiary/aromatic N) is 1. The van der Waals surface area contributed by atoms with Gasteiger partial charge in [0.1, 0.15) is 5.75 Å². The van der Waals surface area contributed by atoms with E-state index in [-0.39, 0.29) is 0 Å². The van der Waals surface area contributed by atoms with Crippen LogP contribution in [-0.2, 0) is 0 Å². The second-order valence-electron chi connectivity index (χ2n) is 7.70. The number of fused-ring (bicyclic) bond motifs is 1. The van der Waals surface area contributed by atoms with Crippen molar-refractivity contribution in [2.24, 2.45) is 0 Å². The maximum Gasteiger partial charge on any atom is 0.221 e. The number of unbranched alkanes of at least 4 members (excludes halogenated alkanes) is 10. The Hall–Kier alpha value is -1.77. The van der Waals surface area contributed by atoms with Gasteiger partial charge < -0.3 is 9.47 Å². The van der Waals surface area contributed by atoms with Crippen molar-refractivity contribution in [2.45, 2.75) is 90.9 Å². The van der Waals surface area contributed by atoms with Gasteiger partial charge in [0.25, 0.3) is 0 Å². The van der Waals surface area contributed by atoms with Gasteiger partial charge in [-0.15, -0.1) is 0 Å². The van der Waals surface area contributed by atoms with Gasteiger partial charge in [-0.05, 0) is 31.0 Å². The van der Waals surface area contributed by atoms with Crippen molar-refractivity contribution in [1.82, 2.24) is 4.98 Å². The van der Waals surface area contributed by atoms with Crippen LogP contribution in [0.1, 0.15) is 90.9 Å². The summed E-state index contributed by atoms with van der Waals surface area (Å²) in [5.41, 5.74) is 0. The van der Waals surface area contributed by atoms with Crippen molar-refractivity contribution in [3.63, 3.8) is 0 Å². The summed E-state index contributed by atoms with van der Waals surface area (Å²) in [6.45, 7) is 6.02. The Morgan fingerprint density at radius 2 is 1.25 bits per heavy atom. The van der Waals surface area contributed by atoms with Gasteiger partial charge in [-0.25, -0.2) is 4.98 Å². The number of pyridine rings is 1. The average molecular weight is 386 g/mol. The first kappa shape index (κ1) is 22.5. The maximum absolute atomic E-state index is 6.08. The third-order valence-corrected chi connectivity index (χ3v) is 5.22. The van der Waals surface area contributed by atoms with Crippen molar-refractivity contribution >= 4 is 10.8 Å². The number of aromatic nitrogens is 1. The molecule has 0 atom stereocenters. The summed E-state index contributed by atoms with van der Waals surface area (Å²) in [6, 6.07) is 8.20. The SMILES string of the molecule is CCCCCCCCOc1cccc2c(OCCCCCCCC)nccc12. The number of rotatable bonds is 16. The van der Waals surface area contributed by atoms with E-state index in [0.29, 0.717) is 0 Å². The second kappa shape index (κ2) is 14.3. The van der Waals surface area contributed by atoms with Gasteiger partial charge in [-0.1, -0.05) is 84.1 Å². The molecule has 3 nitrogen and oxygen atoms in total. The average Bonchev–Trinajstić information content (AvgIpc) is 2.72. The monoisotopic (exact) mass is 385 g/mol. The van der Waals surface area contributed by atoms with E-state index in [0.717, 1.165) is 48.5 Å². The van der Waals surface area contributed by atoms with Gasteiger partial charge in [-0.3, -0.25) is 0 Å². The summed E-state index contributed by atoms with van der Waals surface area (Å²) in [6.07, 6.45) is 17.1. The largest absolute Gasteiger partial charge is 0.493 e. The Morgan fingerprint density at radius 1 is 0.643 bits per heavy atom. The Balaban J connectivity index is 1.80. The Morgan fingerprint density at radius 3 is 1.93 bits per heavy atom. The molecule has 0 aliphatic heterocycles. The molecule has 156 valence electrons. The van der Waals surface area contributed by atoms with E-state index in [1.54, 1.807) is 0 Å². The minimum Gasteiger partial charge on any atom is -0.493 e. The number of ether oxygens (including phenoxy) is 2. The van der Waals surface area contributed by atoms with Crippen molar-refractivity contribution in [2.75, 3.05) is 13.2 Å². The van der Waals surface area contributed by atoms with E-state index in [2.05, 4.69) is 31.0 Å². The van der Waals surface area contributed by atoms with Gasteiger partial charge in [0, 0.05) is 17.0 Å². The van der Waals surface area contributed by atoms with Gasteiger partial charge in [0.2, 0.25) is 5.88 Å². The highest BCUT2D eigenvalue weighted by Crippen LogP contribution is 2.30. The lowest BCUT2D eigenvalue weighted by molar-refractivity contribution is 0.296. The van der Waals surface area contributed by atoms with Gasteiger partial charge in [0.05, 0.1) is 13.2 Å². The molecule has 28 heavy (non-hydrogen) atoms. The lowest BCUT2D eigenvalue weighted by Gasteiger charge is -2.12. The molecule has 0 aliphatic rings. The molecular weight excluding hydrogens is 346 g/mol. The molecular formula is C25H39NO2. The van der Waals surface area contributed by atoms with Crippen LogP contribution < -0.4 is 9.47 Å². The van der Waals surface area contributed by atoms with Crippen LogP contribution in [-0.4, -0.2) is 18.2 Å². The molecule has 0 radical (unpaired) electrons. The molecule has 1 aromatic heterocycles. The van der Waals surface area contributed by atoms with Crippen LogP contribution in [0.3, 0.4) is 0 Å². The molecule has 1 aromatic carbocycles. The fourth-order valence-corrected chi connectivity index (χ4v) is 3.51. The van der Waals surface area contributed by atoms with Crippen LogP contribution in [0, 0.1) is 0 Å². The fourth-order valence-electron chi connectivity index (χ4n) is 3.51. The summed E-state index contributed by atoms with van der Waals surface area (Å²) in [7, 11) is 0. The van der Waals surface area contributed by atoms with Crippen LogP contribution in [0.15, 0.2) is 30.5 Å². The fraction of sp³-hybridized carbons (Fsp3) is 0.640. The minimum atomic E-state index is 0.732. The zero-order valence-electron chi connectivity index (χ0n) is 18.0. The third-order valence-electron chi connectivity index (χ3n) is 5.22. The van der Waals surface area contributed by atoms with Crippen molar-refractivity contribution < 1.29 is 9.47 Å². The van der Waals surface area contributed by atoms with E-state index in [4.69, 9.17) is 9.47 Å². The predicted octanol–water partition coefficient (Wildman–Crippen LogP) is 7.71. The van der Waals surface area contributed by atoms with E-state index < -0.39 is 0 Å². The van der Waals surface area contributed by atoms with E-state index in [1.807, 2.05) is 18.3 Å². The molecule has 3 heteroatoms. The normalized spacial score (nSPS) is 11.1. The molecule has 0 unspecified atom stereocenters. The standard InChI is InChI=1S/C25H39NO2/c1-3-5-7-9-11-13-20-27-24-17-15-16-23-22(24)18-19-26-25(23)28-21-14-12-10-8-6-4-2/h15-19H,3-14,20-21H2,1-2H3. The number of hydrogen-bond donors (Lipinski definition) is 0. The van der Waals surface area contributed by atoms with Crippen LogP contribution in [0.4, 0.5) is 0 Å². The summed E-state index contributed by atoms with van der Waals surface area (Å²) in [4.78, 5) is 4.46. The molecule has 1 heterocycles. The highest BCUT2D eigenvalue weighted by atomic mass is 16.5. The topological polar surface area (TPSA) is 31.4 Å². The first-order valence-electron chi connectivity index (χ1n) is 11.5. The lowest BCUT2D eigenvalue weighted by atomic mass is 10.1. The van der Waals surface area contributed by atoms with Crippen LogP contribution in [0.5, 0.6) is 11.6 Å². The minimum absolute atomic E-state index is 0.732. The summed E-state index contributed by atoms with van der Waals surface area (Å²) in [5.74, 6) is 1.67. The highest BCUT2D eigenvalue weighted by Gasteiger charge is 2.08. The zero-order chi connectivity index (χ0) is 19.9. The summed E-state index contributed by atoms with van der Waals surface area (Å²) in [5, 5.41) is 2.15. The van der Waals surface area contributed by atoms with Crippen LogP contribution in [0.2, 0.25) is 0 Å². The summed E-state index contributed by atoms with van der Waals surface area (Å²) < 4.78 is 12.1. The maximum atomic E-state index is 6.08. The number of benzene rings is 1. The van der Waals surface area contributed by atoms with E-state index >= 15 is 0 Å². The van der Waals surface area contributed by atoms with Crippen molar-refractivity contribution in [3.8, 4) is 11.6 Å². The first-order valence-corrected chi connectivity index (χ1v) is 11.5. The Bertz CT molecular complexity index is 599. The molecule has 0 bridgehead atoms. The first-order chi connectivity index (χ1) is 13.9. The van der Waals surface area contributed by atoms with Crippen LogP contribution in [0.25, 0.3) is 10.8 Å². The van der Waals surface area contributed by atoms with Gasteiger partial charge >= 0.3 is 0 Å². The molecule has 0 spiro atoms. The van der Waals surface area contributed by atoms with Gasteiger partial charge in [0.15, 0.2) is 0 Å². The quantitative estimate of drug-likeness (QED) is 0.277. The predicted molar refractivity (Wildman–Crippen MR) is 119 cm³/mol. The number of hydrogen-bond acceptors (Lipinski definition) is 3. The highest BCUT2D eigenvalue weighted by molar-refractivity contribution is 5.91. The molecule has 0 N–H and O–H groups in total. The van der Waals surface area contributed by atoms with E-state index in [1.165, 1.54) is 64.2 Å². The Kier molecular flexibility index (Phi) is 11.5. The molecule has 2 rings (SSSR count). The molecule has 0 aliphatic carbocycles. The smallest absolute Gasteiger partial charge is 0.221 e. The second-order valence-corrected chi connectivity index (χ2v) is 7.70. The van der Waals surface area contributed by atoms with Gasteiger partial charge in [-0.2, -0.15) is 0 Å².